The third-order valence-corrected chi connectivity index (χ3v) is 2.06. The molecular weight excluding hydrogens is 164 g/mol. The van der Waals surface area contributed by atoms with E-state index in [1.54, 1.807) is 6.07 Å². The Bertz CT molecular complexity index is 292. The molecule has 2 nitrogen and oxygen atoms in total. The molecule has 0 unspecified atom stereocenters. The first kappa shape index (κ1) is 9.90. The Morgan fingerprint density at radius 1 is 1.31 bits per heavy atom. The Kier molecular flexibility index (Phi) is 3.18. The molecule has 0 aliphatic rings. The van der Waals surface area contributed by atoms with Gasteiger partial charge in [0.05, 0.1) is 6.61 Å². The van der Waals surface area contributed by atoms with Crippen molar-refractivity contribution in [3.63, 3.8) is 0 Å². The minimum Gasteiger partial charge on any atom is -0.508 e. The average molecular weight is 180 g/mol. The molecule has 1 rings (SSSR count). The first-order valence-corrected chi connectivity index (χ1v) is 4.64. The molecule has 0 aliphatic heterocycles. The van der Waals surface area contributed by atoms with Crippen LogP contribution in [-0.4, -0.2) is 11.7 Å². The van der Waals surface area contributed by atoms with E-state index >= 15 is 0 Å². The first-order chi connectivity index (χ1) is 6.19. The second-order valence-corrected chi connectivity index (χ2v) is 3.03. The summed E-state index contributed by atoms with van der Waals surface area (Å²) in [6, 6.07) is 3.66. The fourth-order valence-corrected chi connectivity index (χ4v) is 1.31. The van der Waals surface area contributed by atoms with Crippen LogP contribution in [0.25, 0.3) is 0 Å². The molecule has 1 aromatic carbocycles. The summed E-state index contributed by atoms with van der Waals surface area (Å²) in [7, 11) is 0. The molecule has 1 N–H and O–H groups in total. The summed E-state index contributed by atoms with van der Waals surface area (Å²) in [6.45, 7) is 6.57. The minimum atomic E-state index is 0.364. The Balaban J connectivity index is 3.06. The minimum absolute atomic E-state index is 0.364. The second kappa shape index (κ2) is 4.17. The standard InChI is InChI=1S/C11H16O2/c1-4-9-7-11(13-5-2)8(3)6-10(9)12/h6-7,12H,4-5H2,1-3H3. The van der Waals surface area contributed by atoms with Gasteiger partial charge in [-0.15, -0.1) is 0 Å². The maximum absolute atomic E-state index is 9.53. The summed E-state index contributed by atoms with van der Waals surface area (Å²) in [5.41, 5.74) is 1.92. The number of hydrogen-bond donors (Lipinski definition) is 1. The van der Waals surface area contributed by atoms with Gasteiger partial charge in [0.2, 0.25) is 0 Å². The predicted octanol–water partition coefficient (Wildman–Crippen LogP) is 2.66. The Morgan fingerprint density at radius 3 is 2.54 bits per heavy atom. The van der Waals surface area contributed by atoms with E-state index in [-0.39, 0.29) is 0 Å². The maximum Gasteiger partial charge on any atom is 0.122 e. The highest BCUT2D eigenvalue weighted by molar-refractivity contribution is 5.45. The average Bonchev–Trinajstić information content (AvgIpc) is 2.10. The summed E-state index contributed by atoms with van der Waals surface area (Å²) in [5.74, 6) is 1.24. The van der Waals surface area contributed by atoms with Crippen LogP contribution in [0.1, 0.15) is 25.0 Å². The van der Waals surface area contributed by atoms with Crippen LogP contribution in [0.15, 0.2) is 12.1 Å². The van der Waals surface area contributed by atoms with E-state index < -0.39 is 0 Å². The van der Waals surface area contributed by atoms with Crippen LogP contribution in [-0.2, 0) is 6.42 Å². The molecule has 0 heterocycles. The lowest BCUT2D eigenvalue weighted by molar-refractivity contribution is 0.336. The molecule has 72 valence electrons. The van der Waals surface area contributed by atoms with Gasteiger partial charge in [0.25, 0.3) is 0 Å². The summed E-state index contributed by atoms with van der Waals surface area (Å²) in [6.07, 6.45) is 0.826. The van der Waals surface area contributed by atoms with Crippen molar-refractivity contribution in [2.24, 2.45) is 0 Å². The topological polar surface area (TPSA) is 29.5 Å². The lowest BCUT2D eigenvalue weighted by atomic mass is 10.1. The molecule has 0 saturated carbocycles. The largest absolute Gasteiger partial charge is 0.508 e. The number of aromatic hydroxyl groups is 1. The van der Waals surface area contributed by atoms with Gasteiger partial charge in [0, 0.05) is 0 Å². The number of phenols is 1. The highest BCUT2D eigenvalue weighted by Crippen LogP contribution is 2.27. The molecular formula is C11H16O2. The van der Waals surface area contributed by atoms with Gasteiger partial charge in [-0.3, -0.25) is 0 Å². The molecule has 0 amide bonds. The number of benzene rings is 1. The Labute approximate surface area is 79.2 Å². The van der Waals surface area contributed by atoms with Crippen molar-refractivity contribution in [2.75, 3.05) is 6.61 Å². The summed E-state index contributed by atoms with van der Waals surface area (Å²) in [5, 5.41) is 9.53. The van der Waals surface area contributed by atoms with Gasteiger partial charge < -0.3 is 9.84 Å². The van der Waals surface area contributed by atoms with E-state index in [9.17, 15) is 5.11 Å². The quantitative estimate of drug-likeness (QED) is 0.774. The lowest BCUT2D eigenvalue weighted by Crippen LogP contribution is -1.95. The lowest BCUT2D eigenvalue weighted by Gasteiger charge is -2.10. The molecule has 0 radical (unpaired) electrons. The van der Waals surface area contributed by atoms with Crippen LogP contribution in [0.4, 0.5) is 0 Å². The van der Waals surface area contributed by atoms with Gasteiger partial charge >= 0.3 is 0 Å². The molecule has 0 bridgehead atoms. The number of hydrogen-bond acceptors (Lipinski definition) is 2. The van der Waals surface area contributed by atoms with E-state index in [0.717, 1.165) is 23.3 Å². The highest BCUT2D eigenvalue weighted by Gasteiger charge is 2.05. The van der Waals surface area contributed by atoms with Crippen LogP contribution in [0, 0.1) is 6.92 Å². The number of aryl methyl sites for hydroxylation is 2. The smallest absolute Gasteiger partial charge is 0.122 e. The Morgan fingerprint density at radius 2 is 2.00 bits per heavy atom. The van der Waals surface area contributed by atoms with E-state index in [4.69, 9.17) is 4.74 Å². The molecule has 0 spiro atoms. The van der Waals surface area contributed by atoms with Crippen LogP contribution < -0.4 is 4.74 Å². The SMILES string of the molecule is CCOc1cc(CC)c(O)cc1C. The summed E-state index contributed by atoms with van der Waals surface area (Å²) < 4.78 is 5.42. The molecule has 0 fully saturated rings. The molecule has 0 aromatic heterocycles. The van der Waals surface area contributed by atoms with Gasteiger partial charge in [0.1, 0.15) is 11.5 Å². The summed E-state index contributed by atoms with van der Waals surface area (Å²) >= 11 is 0. The number of phenolic OH excluding ortho intramolecular Hbond substituents is 1. The zero-order valence-electron chi connectivity index (χ0n) is 8.42. The van der Waals surface area contributed by atoms with Crippen molar-refractivity contribution in [3.05, 3.63) is 23.3 Å². The van der Waals surface area contributed by atoms with Crippen LogP contribution in [0.3, 0.4) is 0 Å². The normalized spacial score (nSPS) is 10.1. The number of rotatable bonds is 3. The fourth-order valence-electron chi connectivity index (χ4n) is 1.31. The number of ether oxygens (including phenoxy) is 1. The third-order valence-electron chi connectivity index (χ3n) is 2.06. The van der Waals surface area contributed by atoms with E-state index in [0.29, 0.717) is 12.4 Å². The van der Waals surface area contributed by atoms with Crippen molar-refractivity contribution in [1.82, 2.24) is 0 Å². The zero-order valence-corrected chi connectivity index (χ0v) is 8.42. The fraction of sp³-hybridized carbons (Fsp3) is 0.455. The van der Waals surface area contributed by atoms with E-state index in [2.05, 4.69) is 0 Å². The molecule has 13 heavy (non-hydrogen) atoms. The van der Waals surface area contributed by atoms with Crippen LogP contribution in [0.2, 0.25) is 0 Å². The van der Waals surface area contributed by atoms with Gasteiger partial charge in [-0.05, 0) is 43.5 Å². The van der Waals surface area contributed by atoms with Crippen molar-refractivity contribution < 1.29 is 9.84 Å². The Hall–Kier alpha value is -1.18. The van der Waals surface area contributed by atoms with Gasteiger partial charge in [-0.1, -0.05) is 6.92 Å². The highest BCUT2D eigenvalue weighted by atomic mass is 16.5. The van der Waals surface area contributed by atoms with Crippen molar-refractivity contribution >= 4 is 0 Å². The first-order valence-electron chi connectivity index (χ1n) is 4.64. The molecule has 1 aromatic rings. The maximum atomic E-state index is 9.53. The van der Waals surface area contributed by atoms with Gasteiger partial charge in [0.15, 0.2) is 0 Å². The predicted molar refractivity (Wildman–Crippen MR) is 53.4 cm³/mol. The van der Waals surface area contributed by atoms with Gasteiger partial charge in [-0.2, -0.15) is 0 Å². The van der Waals surface area contributed by atoms with Crippen molar-refractivity contribution in [1.29, 1.82) is 0 Å². The van der Waals surface area contributed by atoms with E-state index in [1.165, 1.54) is 0 Å². The van der Waals surface area contributed by atoms with Crippen molar-refractivity contribution in [2.45, 2.75) is 27.2 Å². The molecule has 0 aliphatic carbocycles. The van der Waals surface area contributed by atoms with Gasteiger partial charge in [-0.25, -0.2) is 0 Å². The van der Waals surface area contributed by atoms with E-state index in [1.807, 2.05) is 26.8 Å². The molecule has 0 atom stereocenters. The molecule has 2 heteroatoms. The van der Waals surface area contributed by atoms with Crippen LogP contribution in [0.5, 0.6) is 11.5 Å². The summed E-state index contributed by atoms with van der Waals surface area (Å²) in [4.78, 5) is 0. The van der Waals surface area contributed by atoms with Crippen LogP contribution >= 0.6 is 0 Å². The zero-order chi connectivity index (χ0) is 9.84. The third kappa shape index (κ3) is 2.14. The second-order valence-electron chi connectivity index (χ2n) is 3.03. The molecule has 0 saturated heterocycles. The van der Waals surface area contributed by atoms with Crippen molar-refractivity contribution in [3.8, 4) is 11.5 Å². The monoisotopic (exact) mass is 180 g/mol.